The maximum absolute atomic E-state index is 8.57. The molecular weight excluding hydrogens is 124 g/mol. The van der Waals surface area contributed by atoms with Crippen LogP contribution in [0.2, 0.25) is 0 Å². The second kappa shape index (κ2) is 4.69. The third-order valence-corrected chi connectivity index (χ3v) is 0.636. The zero-order valence-electron chi connectivity index (χ0n) is 5.19. The minimum absolute atomic E-state index is 0.0121. The van der Waals surface area contributed by atoms with E-state index in [0.29, 0.717) is 6.61 Å². The van der Waals surface area contributed by atoms with Crippen LogP contribution in [0.3, 0.4) is 0 Å². The van der Waals surface area contributed by atoms with E-state index in [0.717, 1.165) is 0 Å². The summed E-state index contributed by atoms with van der Waals surface area (Å²) < 4.78 is 4.45. The van der Waals surface area contributed by atoms with Crippen LogP contribution in [0, 0.1) is 6.61 Å². The summed E-state index contributed by atoms with van der Waals surface area (Å²) in [5.41, 5.74) is 0. The molecule has 0 amide bonds. The Hall–Kier alpha value is -0.160. The van der Waals surface area contributed by atoms with E-state index in [1.807, 2.05) is 0 Å². The second-order valence-electron chi connectivity index (χ2n) is 1.72. The van der Waals surface area contributed by atoms with Crippen LogP contribution < -0.4 is 0 Å². The van der Waals surface area contributed by atoms with Crippen LogP contribution in [-0.2, 0) is 4.74 Å². The number of ether oxygens (including phenoxy) is 1. The predicted octanol–water partition coefficient (Wildman–Crippen LogP) is -0.764. The summed E-state index contributed by atoms with van der Waals surface area (Å²) >= 11 is 0. The van der Waals surface area contributed by atoms with Crippen molar-refractivity contribution in [1.82, 2.24) is 0 Å². The Bertz CT molecular complexity index is 64.0. The van der Waals surface area contributed by atoms with Gasteiger partial charge in [-0.15, -0.1) is 0 Å². The van der Waals surface area contributed by atoms with Gasteiger partial charge in [-0.25, -0.2) is 0 Å². The Morgan fingerprint density at radius 1 is 1.56 bits per heavy atom. The highest BCUT2D eigenvalue weighted by Crippen LogP contribution is 1.90. The highest BCUT2D eigenvalue weighted by molar-refractivity contribution is 4.50. The van der Waals surface area contributed by atoms with E-state index >= 15 is 0 Å². The molecule has 2 unspecified atom stereocenters. The van der Waals surface area contributed by atoms with Gasteiger partial charge in [-0.3, -0.25) is 0 Å². The smallest absolute Gasteiger partial charge is 0.183 e. The van der Waals surface area contributed by atoms with Gasteiger partial charge in [0.2, 0.25) is 0 Å². The number of rotatable bonds is 4. The molecule has 0 aromatic rings. The molecule has 0 aromatic carbocycles. The molecule has 0 heterocycles. The van der Waals surface area contributed by atoms with Gasteiger partial charge < -0.3 is 20.1 Å². The molecule has 0 aliphatic carbocycles. The summed E-state index contributed by atoms with van der Waals surface area (Å²) in [7, 11) is 0. The van der Waals surface area contributed by atoms with Crippen LogP contribution in [0.25, 0.3) is 0 Å². The van der Waals surface area contributed by atoms with Gasteiger partial charge in [-0.1, -0.05) is 0 Å². The van der Waals surface area contributed by atoms with E-state index in [1.165, 1.54) is 6.92 Å². The summed E-state index contributed by atoms with van der Waals surface area (Å²) in [6.45, 7) is 2.03. The van der Waals surface area contributed by atoms with Crippen LogP contribution in [0.4, 0.5) is 0 Å². The maximum atomic E-state index is 8.57. The Morgan fingerprint density at radius 2 is 2.11 bits per heavy atom. The fraction of sp³-hybridized carbons (Fsp3) is 0.800. The minimum atomic E-state index is -1.29. The van der Waals surface area contributed by atoms with Gasteiger partial charge in [0.1, 0.15) is 6.61 Å². The Morgan fingerprint density at radius 3 is 2.44 bits per heavy atom. The molecule has 0 spiro atoms. The van der Waals surface area contributed by atoms with E-state index in [1.54, 1.807) is 0 Å². The lowest BCUT2D eigenvalue weighted by Crippen LogP contribution is -2.19. The maximum Gasteiger partial charge on any atom is 0.183 e. The van der Waals surface area contributed by atoms with Crippen molar-refractivity contribution in [2.75, 3.05) is 6.61 Å². The first kappa shape index (κ1) is 8.84. The lowest BCUT2D eigenvalue weighted by atomic mass is 10.4. The molecule has 2 atom stereocenters. The van der Waals surface area contributed by atoms with Crippen molar-refractivity contribution in [3.8, 4) is 0 Å². The number of aliphatic hydroxyl groups is 3. The minimum Gasteiger partial charge on any atom is -0.391 e. The molecule has 1 radical (unpaired) electrons. The first-order valence-corrected chi connectivity index (χ1v) is 2.62. The second-order valence-corrected chi connectivity index (χ2v) is 1.72. The monoisotopic (exact) mass is 135 g/mol. The Labute approximate surface area is 53.7 Å². The van der Waals surface area contributed by atoms with Gasteiger partial charge in [0, 0.05) is 0 Å². The zero-order valence-corrected chi connectivity index (χ0v) is 5.19. The average molecular weight is 135 g/mol. The van der Waals surface area contributed by atoms with Crippen LogP contribution in [0.15, 0.2) is 0 Å². The highest BCUT2D eigenvalue weighted by atomic mass is 16.6. The lowest BCUT2D eigenvalue weighted by Gasteiger charge is -2.08. The normalized spacial score (nSPS) is 17.3. The van der Waals surface area contributed by atoms with Crippen LogP contribution >= 0.6 is 0 Å². The molecule has 0 saturated heterocycles. The van der Waals surface area contributed by atoms with E-state index in [4.69, 9.17) is 15.3 Å². The molecule has 0 aliphatic rings. The quantitative estimate of drug-likeness (QED) is 0.443. The fourth-order valence-electron chi connectivity index (χ4n) is 0.281. The van der Waals surface area contributed by atoms with Gasteiger partial charge in [0.15, 0.2) is 6.29 Å². The molecule has 0 saturated carbocycles. The topological polar surface area (TPSA) is 69.9 Å². The molecule has 0 bridgehead atoms. The van der Waals surface area contributed by atoms with Gasteiger partial charge >= 0.3 is 0 Å². The molecule has 0 aromatic heterocycles. The summed E-state index contributed by atoms with van der Waals surface area (Å²) in [6, 6.07) is 0. The van der Waals surface area contributed by atoms with Crippen molar-refractivity contribution in [3.05, 3.63) is 6.61 Å². The summed E-state index contributed by atoms with van der Waals surface area (Å²) in [5.74, 6) is 0. The number of hydrogen-bond donors (Lipinski definition) is 3. The number of aliphatic hydroxyl groups excluding tert-OH is 3. The largest absolute Gasteiger partial charge is 0.391 e. The molecule has 4 heteroatoms. The molecule has 3 N–H and O–H groups in total. The standard InChI is InChI=1S/C5H11O4/c1-4(7)3-9-5(8)2-6/h2,4-8H,3H2,1H3. The third-order valence-electron chi connectivity index (χ3n) is 0.636. The molecular formula is C5H11O4. The van der Waals surface area contributed by atoms with Crippen molar-refractivity contribution in [2.24, 2.45) is 0 Å². The first-order valence-electron chi connectivity index (χ1n) is 2.62. The number of hydrogen-bond acceptors (Lipinski definition) is 4. The van der Waals surface area contributed by atoms with E-state index in [9.17, 15) is 0 Å². The molecule has 0 fully saturated rings. The highest BCUT2D eigenvalue weighted by Gasteiger charge is 2.03. The van der Waals surface area contributed by atoms with Crippen molar-refractivity contribution >= 4 is 0 Å². The molecule has 9 heavy (non-hydrogen) atoms. The predicted molar refractivity (Wildman–Crippen MR) is 29.9 cm³/mol. The van der Waals surface area contributed by atoms with Gasteiger partial charge in [0.05, 0.1) is 12.7 Å². The SMILES string of the molecule is CC(O)COC(O)[CH]O. The van der Waals surface area contributed by atoms with Crippen molar-refractivity contribution in [3.63, 3.8) is 0 Å². The lowest BCUT2D eigenvalue weighted by molar-refractivity contribution is -0.117. The van der Waals surface area contributed by atoms with Gasteiger partial charge in [0.25, 0.3) is 0 Å². The molecule has 55 valence electrons. The fourth-order valence-corrected chi connectivity index (χ4v) is 0.281. The van der Waals surface area contributed by atoms with E-state index in [-0.39, 0.29) is 6.61 Å². The van der Waals surface area contributed by atoms with Crippen molar-refractivity contribution in [1.29, 1.82) is 0 Å². The summed E-state index contributed by atoms with van der Waals surface area (Å²) in [4.78, 5) is 0. The average Bonchev–Trinajstić information content (AvgIpc) is 1.83. The summed E-state index contributed by atoms with van der Waals surface area (Å²) in [5, 5.41) is 25.1. The van der Waals surface area contributed by atoms with E-state index < -0.39 is 12.4 Å². The first-order chi connectivity index (χ1) is 4.16. The van der Waals surface area contributed by atoms with Gasteiger partial charge in [-0.05, 0) is 6.92 Å². The van der Waals surface area contributed by atoms with E-state index in [2.05, 4.69) is 4.74 Å². The molecule has 0 aliphatic heterocycles. The Kier molecular flexibility index (Phi) is 4.61. The Balaban J connectivity index is 3.06. The van der Waals surface area contributed by atoms with Crippen molar-refractivity contribution < 1.29 is 20.1 Å². The zero-order chi connectivity index (χ0) is 7.28. The molecule has 0 rings (SSSR count). The van der Waals surface area contributed by atoms with Crippen LogP contribution in [0.5, 0.6) is 0 Å². The molecule has 4 nitrogen and oxygen atoms in total. The summed E-state index contributed by atoms with van der Waals surface area (Å²) in [6.07, 6.45) is -1.92. The third kappa shape index (κ3) is 5.72. The van der Waals surface area contributed by atoms with Crippen molar-refractivity contribution in [2.45, 2.75) is 19.3 Å². The van der Waals surface area contributed by atoms with Crippen LogP contribution in [-0.4, -0.2) is 34.3 Å². The van der Waals surface area contributed by atoms with Crippen LogP contribution in [0.1, 0.15) is 6.92 Å². The van der Waals surface area contributed by atoms with Gasteiger partial charge in [-0.2, -0.15) is 0 Å².